The van der Waals surface area contributed by atoms with Crippen molar-refractivity contribution in [1.82, 2.24) is 5.32 Å². The normalized spacial score (nSPS) is 17.0. The van der Waals surface area contributed by atoms with Crippen molar-refractivity contribution < 1.29 is 14.3 Å². The Morgan fingerprint density at radius 1 is 1.15 bits per heavy atom. The summed E-state index contributed by atoms with van der Waals surface area (Å²) in [5.74, 6) is 0.513. The van der Waals surface area contributed by atoms with E-state index in [2.05, 4.69) is 24.4 Å². The van der Waals surface area contributed by atoms with Crippen LogP contribution in [-0.2, 0) is 9.59 Å². The summed E-state index contributed by atoms with van der Waals surface area (Å²) in [7, 11) is 0. The van der Waals surface area contributed by atoms with Gasteiger partial charge in [0.05, 0.1) is 12.2 Å². The van der Waals surface area contributed by atoms with E-state index in [0.29, 0.717) is 18.0 Å². The van der Waals surface area contributed by atoms with Crippen LogP contribution >= 0.6 is 0 Å². The Kier molecular flexibility index (Phi) is 5.56. The molecule has 26 heavy (non-hydrogen) atoms. The van der Waals surface area contributed by atoms with E-state index in [9.17, 15) is 9.59 Å². The summed E-state index contributed by atoms with van der Waals surface area (Å²) in [5, 5.41) is 2.99. The molecule has 0 fully saturated rings. The molecule has 3 rings (SSSR count). The molecule has 1 aliphatic heterocycles. The minimum atomic E-state index is -0.706. The zero-order chi connectivity index (χ0) is 18.5. The second-order valence-electron chi connectivity index (χ2n) is 6.46. The van der Waals surface area contributed by atoms with E-state index in [1.807, 2.05) is 36.4 Å². The Balaban J connectivity index is 1.68. The summed E-state index contributed by atoms with van der Waals surface area (Å²) in [4.78, 5) is 26.2. The number of nitrogens with one attached hydrogen (secondary N) is 1. The standard InChI is InChI=1S/C21H24N2O3/c1-3-16(17-9-5-4-6-10-17)13-22-21(25)20-14-23(15(2)24)18-11-7-8-12-19(18)26-20/h4-12,16,20H,3,13-14H2,1-2H3,(H,22,25)/t16-,20+/m1/s1. The van der Waals surface area contributed by atoms with Crippen LogP contribution < -0.4 is 15.0 Å². The van der Waals surface area contributed by atoms with Crippen LogP contribution in [0.25, 0.3) is 0 Å². The fourth-order valence-electron chi connectivity index (χ4n) is 3.23. The van der Waals surface area contributed by atoms with Crippen molar-refractivity contribution in [3.63, 3.8) is 0 Å². The zero-order valence-corrected chi connectivity index (χ0v) is 15.1. The van der Waals surface area contributed by atoms with Gasteiger partial charge in [0.1, 0.15) is 5.75 Å². The van der Waals surface area contributed by atoms with Crippen molar-refractivity contribution in [2.45, 2.75) is 32.3 Å². The van der Waals surface area contributed by atoms with Gasteiger partial charge in [-0.25, -0.2) is 0 Å². The van der Waals surface area contributed by atoms with Gasteiger partial charge in [-0.05, 0) is 24.1 Å². The number of ether oxygens (including phenoxy) is 1. The molecule has 2 aromatic carbocycles. The molecule has 136 valence electrons. The van der Waals surface area contributed by atoms with Crippen LogP contribution in [0.4, 0.5) is 5.69 Å². The highest BCUT2D eigenvalue weighted by atomic mass is 16.5. The van der Waals surface area contributed by atoms with Crippen LogP contribution in [0.2, 0.25) is 0 Å². The molecule has 2 atom stereocenters. The lowest BCUT2D eigenvalue weighted by Crippen LogP contribution is -2.50. The first kappa shape index (κ1) is 18.0. The third-order valence-corrected chi connectivity index (χ3v) is 4.73. The van der Waals surface area contributed by atoms with Crippen molar-refractivity contribution >= 4 is 17.5 Å². The topological polar surface area (TPSA) is 58.6 Å². The third-order valence-electron chi connectivity index (χ3n) is 4.73. The van der Waals surface area contributed by atoms with E-state index in [-0.39, 0.29) is 24.3 Å². The number of fused-ring (bicyclic) bond motifs is 1. The molecule has 0 aliphatic carbocycles. The second kappa shape index (κ2) is 8.04. The van der Waals surface area contributed by atoms with E-state index in [1.54, 1.807) is 11.0 Å². The zero-order valence-electron chi connectivity index (χ0n) is 15.1. The fourth-order valence-corrected chi connectivity index (χ4v) is 3.23. The average molecular weight is 352 g/mol. The van der Waals surface area contributed by atoms with Gasteiger partial charge in [0.15, 0.2) is 6.10 Å². The number of amides is 2. The average Bonchev–Trinajstić information content (AvgIpc) is 2.68. The van der Waals surface area contributed by atoms with Crippen LogP contribution in [-0.4, -0.2) is 31.0 Å². The van der Waals surface area contributed by atoms with Gasteiger partial charge in [-0.3, -0.25) is 9.59 Å². The van der Waals surface area contributed by atoms with Crippen LogP contribution in [0.15, 0.2) is 54.6 Å². The number of nitrogens with zero attached hydrogens (tertiary/aromatic N) is 1. The van der Waals surface area contributed by atoms with Gasteiger partial charge in [-0.1, -0.05) is 49.4 Å². The minimum Gasteiger partial charge on any atom is -0.477 e. The molecule has 0 saturated heterocycles. The van der Waals surface area contributed by atoms with Gasteiger partial charge in [-0.2, -0.15) is 0 Å². The Hall–Kier alpha value is -2.82. The number of hydrogen-bond acceptors (Lipinski definition) is 3. The Morgan fingerprint density at radius 2 is 1.85 bits per heavy atom. The fraction of sp³-hybridized carbons (Fsp3) is 0.333. The monoisotopic (exact) mass is 352 g/mol. The second-order valence-corrected chi connectivity index (χ2v) is 6.46. The highest BCUT2D eigenvalue weighted by molar-refractivity contribution is 5.95. The van der Waals surface area contributed by atoms with Gasteiger partial charge in [0.25, 0.3) is 5.91 Å². The molecule has 0 unspecified atom stereocenters. The maximum Gasteiger partial charge on any atom is 0.262 e. The van der Waals surface area contributed by atoms with E-state index in [0.717, 1.165) is 6.42 Å². The smallest absolute Gasteiger partial charge is 0.262 e. The molecule has 2 aromatic rings. The van der Waals surface area contributed by atoms with Gasteiger partial charge in [0, 0.05) is 19.4 Å². The number of benzene rings is 2. The third kappa shape index (κ3) is 3.87. The lowest BCUT2D eigenvalue weighted by atomic mass is 9.96. The van der Waals surface area contributed by atoms with Gasteiger partial charge in [-0.15, -0.1) is 0 Å². The Labute approximate surface area is 154 Å². The summed E-state index contributed by atoms with van der Waals surface area (Å²) in [6, 6.07) is 17.4. The number of carbonyl (C=O) groups excluding carboxylic acids is 2. The summed E-state index contributed by atoms with van der Waals surface area (Å²) in [6.07, 6.45) is 0.222. The van der Waals surface area contributed by atoms with E-state index in [1.165, 1.54) is 12.5 Å². The van der Waals surface area contributed by atoms with Gasteiger partial charge < -0.3 is 15.0 Å². The molecular weight excluding hydrogens is 328 g/mol. The molecule has 2 amide bonds. The van der Waals surface area contributed by atoms with Crippen molar-refractivity contribution in [3.05, 3.63) is 60.2 Å². The quantitative estimate of drug-likeness (QED) is 0.899. The van der Waals surface area contributed by atoms with Gasteiger partial charge in [0.2, 0.25) is 5.91 Å². The number of para-hydroxylation sites is 2. The van der Waals surface area contributed by atoms with Crippen LogP contribution in [0.3, 0.4) is 0 Å². The molecule has 0 aromatic heterocycles. The number of hydrogen-bond donors (Lipinski definition) is 1. The molecule has 1 N–H and O–H groups in total. The molecule has 0 radical (unpaired) electrons. The molecular formula is C21H24N2O3. The van der Waals surface area contributed by atoms with Crippen LogP contribution in [0, 0.1) is 0 Å². The number of rotatable bonds is 5. The van der Waals surface area contributed by atoms with Crippen molar-refractivity contribution in [3.8, 4) is 5.75 Å². The molecule has 5 nitrogen and oxygen atoms in total. The van der Waals surface area contributed by atoms with Crippen molar-refractivity contribution in [2.75, 3.05) is 18.0 Å². The minimum absolute atomic E-state index is 0.103. The molecule has 0 bridgehead atoms. The lowest BCUT2D eigenvalue weighted by molar-refractivity contribution is -0.128. The SMILES string of the molecule is CC[C@H](CNC(=O)[C@@H]1CN(C(C)=O)c2ccccc2O1)c1ccccc1. The number of carbonyl (C=O) groups is 2. The highest BCUT2D eigenvalue weighted by Gasteiger charge is 2.32. The van der Waals surface area contributed by atoms with E-state index < -0.39 is 6.10 Å². The maximum atomic E-state index is 12.7. The first-order valence-electron chi connectivity index (χ1n) is 8.96. The van der Waals surface area contributed by atoms with Crippen molar-refractivity contribution in [1.29, 1.82) is 0 Å². The Morgan fingerprint density at radius 3 is 2.54 bits per heavy atom. The van der Waals surface area contributed by atoms with E-state index >= 15 is 0 Å². The summed E-state index contributed by atoms with van der Waals surface area (Å²) in [6.45, 7) is 4.37. The first-order chi connectivity index (χ1) is 12.6. The Bertz CT molecular complexity index is 776. The molecule has 0 saturated carbocycles. The lowest BCUT2D eigenvalue weighted by Gasteiger charge is -2.33. The molecule has 5 heteroatoms. The first-order valence-corrected chi connectivity index (χ1v) is 8.96. The molecule has 0 spiro atoms. The largest absolute Gasteiger partial charge is 0.477 e. The highest BCUT2D eigenvalue weighted by Crippen LogP contribution is 2.33. The summed E-state index contributed by atoms with van der Waals surface area (Å²) in [5.41, 5.74) is 1.91. The van der Waals surface area contributed by atoms with Crippen LogP contribution in [0.5, 0.6) is 5.75 Å². The summed E-state index contributed by atoms with van der Waals surface area (Å²) >= 11 is 0. The summed E-state index contributed by atoms with van der Waals surface area (Å²) < 4.78 is 5.84. The van der Waals surface area contributed by atoms with Gasteiger partial charge >= 0.3 is 0 Å². The number of anilines is 1. The molecule has 1 aliphatic rings. The molecule has 1 heterocycles. The predicted molar refractivity (Wildman–Crippen MR) is 101 cm³/mol. The van der Waals surface area contributed by atoms with Crippen molar-refractivity contribution in [2.24, 2.45) is 0 Å². The predicted octanol–water partition coefficient (Wildman–Crippen LogP) is 3.11. The van der Waals surface area contributed by atoms with Crippen LogP contribution in [0.1, 0.15) is 31.7 Å². The van der Waals surface area contributed by atoms with E-state index in [4.69, 9.17) is 4.74 Å². The maximum absolute atomic E-state index is 12.7.